The number of pyridine rings is 1. The third-order valence-corrected chi connectivity index (χ3v) is 4.97. The van der Waals surface area contributed by atoms with Crippen LogP contribution < -0.4 is 10.9 Å². The zero-order chi connectivity index (χ0) is 23.4. The molecular formula is C25H32F2N2O3. The molecule has 0 saturated heterocycles. The topological polar surface area (TPSA) is 74.4 Å². The summed E-state index contributed by atoms with van der Waals surface area (Å²) in [4.78, 5) is 14.1. The number of aromatic amines is 1. The number of rotatable bonds is 10. The van der Waals surface area contributed by atoms with Gasteiger partial charge in [-0.3, -0.25) is 4.79 Å². The van der Waals surface area contributed by atoms with E-state index in [0.717, 1.165) is 29.4 Å². The van der Waals surface area contributed by atoms with Crippen LogP contribution >= 0.6 is 0 Å². The molecule has 0 fully saturated rings. The van der Waals surface area contributed by atoms with Gasteiger partial charge >= 0.3 is 0 Å². The highest BCUT2D eigenvalue weighted by atomic mass is 19.3. The summed E-state index contributed by atoms with van der Waals surface area (Å²) in [7, 11) is 1.26. The van der Waals surface area contributed by atoms with Crippen molar-refractivity contribution in [3.8, 4) is 0 Å². The Bertz CT molecular complexity index is 993. The number of nitrogens with one attached hydrogen (secondary N) is 2. The van der Waals surface area contributed by atoms with Crippen molar-refractivity contribution in [1.29, 1.82) is 0 Å². The molecule has 174 valence electrons. The SMILES string of the molecule is CCCCCNCC(O)c1cccc2[nH]c(=O)ccc12.COCC(F)(F)c1ccccc1. The predicted octanol–water partition coefficient (Wildman–Crippen LogP) is 4.77. The normalized spacial score (nSPS) is 12.3. The Balaban J connectivity index is 0.000000258. The van der Waals surface area contributed by atoms with Gasteiger partial charge in [0.15, 0.2) is 0 Å². The molecule has 32 heavy (non-hydrogen) atoms. The predicted molar refractivity (Wildman–Crippen MR) is 124 cm³/mol. The molecule has 0 aliphatic heterocycles. The second kappa shape index (κ2) is 13.1. The second-order valence-electron chi connectivity index (χ2n) is 7.56. The quantitative estimate of drug-likeness (QED) is 0.393. The number of H-pyrrole nitrogens is 1. The molecule has 3 rings (SSSR count). The number of benzene rings is 2. The molecule has 1 aromatic heterocycles. The van der Waals surface area contributed by atoms with E-state index in [1.54, 1.807) is 24.3 Å². The Morgan fingerprint density at radius 3 is 2.50 bits per heavy atom. The molecule has 5 nitrogen and oxygen atoms in total. The Morgan fingerprint density at radius 2 is 1.81 bits per heavy atom. The Kier molecular flexibility index (Phi) is 10.5. The fourth-order valence-electron chi connectivity index (χ4n) is 3.30. The van der Waals surface area contributed by atoms with E-state index >= 15 is 0 Å². The molecule has 0 radical (unpaired) electrons. The van der Waals surface area contributed by atoms with Crippen molar-refractivity contribution in [2.45, 2.75) is 38.2 Å². The van der Waals surface area contributed by atoms with Gasteiger partial charge in [0.25, 0.3) is 5.92 Å². The van der Waals surface area contributed by atoms with Crippen LogP contribution in [0.25, 0.3) is 10.9 Å². The summed E-state index contributed by atoms with van der Waals surface area (Å²) in [5, 5.41) is 14.5. The van der Waals surface area contributed by atoms with Gasteiger partial charge in [-0.2, -0.15) is 8.78 Å². The number of aliphatic hydroxyl groups is 1. The monoisotopic (exact) mass is 446 g/mol. The largest absolute Gasteiger partial charge is 0.387 e. The number of aromatic nitrogens is 1. The van der Waals surface area contributed by atoms with Gasteiger partial charge in [0.1, 0.15) is 6.61 Å². The molecule has 0 aliphatic carbocycles. The van der Waals surface area contributed by atoms with Crippen LogP contribution in [0.1, 0.15) is 43.4 Å². The van der Waals surface area contributed by atoms with Crippen LogP contribution in [0.5, 0.6) is 0 Å². The van der Waals surface area contributed by atoms with Crippen molar-refractivity contribution in [3.63, 3.8) is 0 Å². The zero-order valence-corrected chi connectivity index (χ0v) is 18.6. The molecule has 3 N–H and O–H groups in total. The molecule has 0 saturated carbocycles. The van der Waals surface area contributed by atoms with Crippen molar-refractivity contribution in [2.75, 3.05) is 26.8 Å². The van der Waals surface area contributed by atoms with Gasteiger partial charge in [-0.1, -0.05) is 62.2 Å². The number of methoxy groups -OCH3 is 1. The van der Waals surface area contributed by atoms with E-state index in [2.05, 4.69) is 22.0 Å². The van der Waals surface area contributed by atoms with E-state index in [9.17, 15) is 18.7 Å². The molecule has 0 bridgehead atoms. The van der Waals surface area contributed by atoms with Crippen LogP contribution in [0.4, 0.5) is 8.78 Å². The number of halogens is 2. The highest BCUT2D eigenvalue weighted by Gasteiger charge is 2.30. The Morgan fingerprint density at radius 1 is 1.06 bits per heavy atom. The third-order valence-electron chi connectivity index (χ3n) is 4.97. The van der Waals surface area contributed by atoms with Gasteiger partial charge in [-0.05, 0) is 30.7 Å². The maximum atomic E-state index is 13.0. The summed E-state index contributed by atoms with van der Waals surface area (Å²) in [6.07, 6.45) is 2.97. The third kappa shape index (κ3) is 7.82. The molecule has 7 heteroatoms. The lowest BCUT2D eigenvalue weighted by Crippen LogP contribution is -2.22. The molecular weight excluding hydrogens is 414 g/mol. The lowest BCUT2D eigenvalue weighted by Gasteiger charge is -2.14. The van der Waals surface area contributed by atoms with Gasteiger partial charge in [-0.15, -0.1) is 0 Å². The molecule has 0 spiro atoms. The average molecular weight is 447 g/mol. The Labute approximate surface area is 187 Å². The number of unbranched alkanes of at least 4 members (excludes halogenated alkanes) is 2. The first kappa shape index (κ1) is 25.6. The molecule has 2 aromatic carbocycles. The minimum absolute atomic E-state index is 0.00755. The van der Waals surface area contributed by atoms with Crippen molar-refractivity contribution in [3.05, 3.63) is 82.1 Å². The first-order chi connectivity index (χ1) is 15.4. The fraction of sp³-hybridized carbons (Fsp3) is 0.400. The van der Waals surface area contributed by atoms with Crippen LogP contribution in [0.15, 0.2) is 65.5 Å². The van der Waals surface area contributed by atoms with E-state index < -0.39 is 18.6 Å². The molecule has 0 amide bonds. The van der Waals surface area contributed by atoms with E-state index in [0.29, 0.717) is 6.54 Å². The standard InChI is InChI=1S/C16H22N2O2.C9H10F2O/c1-2-3-4-10-17-11-15(19)13-6-5-7-14-12(13)8-9-16(20)18-14;1-12-7-9(10,11)8-5-3-2-4-6-8/h5-9,15,17,19H,2-4,10-11H2,1H3,(H,18,20);2-6H,7H2,1H3. The zero-order valence-electron chi connectivity index (χ0n) is 18.6. The number of ether oxygens (including phenoxy) is 1. The van der Waals surface area contributed by atoms with Gasteiger partial charge in [0.05, 0.1) is 6.10 Å². The van der Waals surface area contributed by atoms with Crippen LogP contribution in [-0.2, 0) is 10.7 Å². The first-order valence-corrected chi connectivity index (χ1v) is 10.8. The van der Waals surface area contributed by atoms with E-state index in [1.807, 2.05) is 18.2 Å². The highest BCUT2D eigenvalue weighted by Crippen LogP contribution is 2.27. The fourth-order valence-corrected chi connectivity index (χ4v) is 3.30. The average Bonchev–Trinajstić information content (AvgIpc) is 2.79. The smallest absolute Gasteiger partial charge is 0.296 e. The number of hydrogen-bond donors (Lipinski definition) is 3. The number of alkyl halides is 2. The van der Waals surface area contributed by atoms with Crippen LogP contribution in [0, 0.1) is 0 Å². The summed E-state index contributed by atoms with van der Waals surface area (Å²) in [6.45, 7) is 3.05. The number of aliphatic hydroxyl groups excluding tert-OH is 1. The first-order valence-electron chi connectivity index (χ1n) is 10.8. The molecule has 1 atom stereocenters. The van der Waals surface area contributed by atoms with Crippen molar-refractivity contribution >= 4 is 10.9 Å². The van der Waals surface area contributed by atoms with Gasteiger partial charge in [0.2, 0.25) is 5.56 Å². The highest BCUT2D eigenvalue weighted by molar-refractivity contribution is 5.82. The van der Waals surface area contributed by atoms with Crippen molar-refractivity contribution in [2.24, 2.45) is 0 Å². The van der Waals surface area contributed by atoms with Crippen LogP contribution in [0.2, 0.25) is 0 Å². The van der Waals surface area contributed by atoms with Crippen molar-refractivity contribution < 1.29 is 18.6 Å². The lowest BCUT2D eigenvalue weighted by molar-refractivity contribution is -0.0697. The van der Waals surface area contributed by atoms with E-state index in [4.69, 9.17) is 0 Å². The summed E-state index contributed by atoms with van der Waals surface area (Å²) >= 11 is 0. The summed E-state index contributed by atoms with van der Waals surface area (Å²) < 4.78 is 30.5. The molecule has 0 aliphatic rings. The Hall–Kier alpha value is -2.61. The van der Waals surface area contributed by atoms with E-state index in [-0.39, 0.29) is 11.1 Å². The minimum atomic E-state index is -2.88. The number of hydrogen-bond acceptors (Lipinski definition) is 4. The van der Waals surface area contributed by atoms with Crippen LogP contribution in [-0.4, -0.2) is 36.9 Å². The second-order valence-corrected chi connectivity index (χ2v) is 7.56. The molecule has 1 heterocycles. The molecule has 3 aromatic rings. The maximum absolute atomic E-state index is 13.0. The number of fused-ring (bicyclic) bond motifs is 1. The summed E-state index contributed by atoms with van der Waals surface area (Å²) in [5.74, 6) is -2.88. The van der Waals surface area contributed by atoms with Crippen LogP contribution in [0.3, 0.4) is 0 Å². The van der Waals surface area contributed by atoms with Gasteiger partial charge in [-0.25, -0.2) is 0 Å². The van der Waals surface area contributed by atoms with Crippen molar-refractivity contribution in [1.82, 2.24) is 10.3 Å². The lowest BCUT2D eigenvalue weighted by atomic mass is 10.0. The summed E-state index contributed by atoms with van der Waals surface area (Å²) in [6, 6.07) is 16.5. The van der Waals surface area contributed by atoms with E-state index in [1.165, 1.54) is 38.2 Å². The van der Waals surface area contributed by atoms with Gasteiger partial charge < -0.3 is 20.1 Å². The molecule has 1 unspecified atom stereocenters. The maximum Gasteiger partial charge on any atom is 0.296 e. The minimum Gasteiger partial charge on any atom is -0.387 e. The van der Waals surface area contributed by atoms with Gasteiger partial charge in [0, 0.05) is 36.2 Å². The summed E-state index contributed by atoms with van der Waals surface area (Å²) in [5.41, 5.74) is 1.48.